The summed E-state index contributed by atoms with van der Waals surface area (Å²) < 4.78 is 64.2. The van der Waals surface area contributed by atoms with Gasteiger partial charge in [-0.1, -0.05) is 0 Å². The molecule has 1 saturated carbocycles. The molecule has 0 amide bonds. The Morgan fingerprint density at radius 3 is 1.84 bits per heavy atom. The van der Waals surface area contributed by atoms with E-state index in [2.05, 4.69) is 4.74 Å². The molecule has 1 rings (SSSR count). The maximum atomic E-state index is 13.1. The van der Waals surface area contributed by atoms with Gasteiger partial charge >= 0.3 is 21.3 Å². The van der Waals surface area contributed by atoms with E-state index < -0.39 is 63.4 Å². The van der Waals surface area contributed by atoms with Crippen LogP contribution in [0.4, 0.5) is 8.78 Å². The summed E-state index contributed by atoms with van der Waals surface area (Å²) in [6, 6.07) is 0. The van der Waals surface area contributed by atoms with E-state index in [4.69, 9.17) is 14.4 Å². The number of esters is 1. The molecule has 1 aliphatic rings. The van der Waals surface area contributed by atoms with Crippen LogP contribution in [0.25, 0.3) is 0 Å². The molecule has 148 valence electrons. The number of alkyl halides is 2. The summed E-state index contributed by atoms with van der Waals surface area (Å²) in [5, 5.41) is 23.9. The molecule has 0 radical (unpaired) electrons. The summed E-state index contributed by atoms with van der Waals surface area (Å²) in [5.74, 6) is -2.62. The van der Waals surface area contributed by atoms with Gasteiger partial charge in [-0.2, -0.15) is 17.2 Å². The van der Waals surface area contributed by atoms with Crippen LogP contribution in [0.2, 0.25) is 0 Å². The molecule has 25 heavy (non-hydrogen) atoms. The first-order valence-corrected chi connectivity index (χ1v) is 8.63. The summed E-state index contributed by atoms with van der Waals surface area (Å²) in [6.45, 7) is 4.93. The van der Waals surface area contributed by atoms with Crippen LogP contribution in [-0.2, 0) is 24.4 Å². The zero-order chi connectivity index (χ0) is 20.0. The third-order valence-corrected chi connectivity index (χ3v) is 4.74. The maximum absolute atomic E-state index is 13.1. The molecule has 1 fully saturated rings. The molecule has 3 unspecified atom stereocenters. The van der Waals surface area contributed by atoms with E-state index in [1.165, 1.54) is 27.7 Å². The van der Waals surface area contributed by atoms with Crippen LogP contribution in [-0.4, -0.2) is 69.7 Å². The summed E-state index contributed by atoms with van der Waals surface area (Å²) in [6.07, 6.45) is -4.21. The Bertz CT molecular complexity index is 586. The van der Waals surface area contributed by atoms with Crippen molar-refractivity contribution in [1.29, 1.82) is 0 Å². The number of carbonyl (C=O) groups excluding carboxylic acids is 1. The van der Waals surface area contributed by atoms with Gasteiger partial charge in [0.25, 0.3) is 6.29 Å². The molecule has 0 spiro atoms. The minimum absolute atomic E-state index is 0.551. The first-order valence-electron chi connectivity index (χ1n) is 7.19. The average Bonchev–Trinajstić information content (AvgIpc) is 3.09. The number of aliphatic hydroxyl groups is 3. The van der Waals surface area contributed by atoms with Gasteiger partial charge in [0.05, 0.1) is 17.3 Å². The molecule has 0 aromatic heterocycles. The van der Waals surface area contributed by atoms with Gasteiger partial charge in [-0.15, -0.1) is 0 Å². The number of hydrogen-bond acceptors (Lipinski definition) is 8. The van der Waals surface area contributed by atoms with E-state index >= 15 is 0 Å². The van der Waals surface area contributed by atoms with Gasteiger partial charge in [0.15, 0.2) is 0 Å². The molecule has 0 aliphatic heterocycles. The fraction of sp³-hybridized carbons (Fsp3) is 0.923. The number of ether oxygens (including phenoxy) is 2. The van der Waals surface area contributed by atoms with Crippen molar-refractivity contribution in [3.05, 3.63) is 0 Å². The van der Waals surface area contributed by atoms with Crippen LogP contribution in [0.1, 0.15) is 27.7 Å². The third kappa shape index (κ3) is 5.05. The first-order chi connectivity index (χ1) is 10.9. The van der Waals surface area contributed by atoms with Gasteiger partial charge in [0.2, 0.25) is 0 Å². The second-order valence-corrected chi connectivity index (χ2v) is 8.51. The van der Waals surface area contributed by atoms with Gasteiger partial charge in [-0.05, 0) is 27.7 Å². The second kappa shape index (κ2) is 6.67. The average molecular weight is 392 g/mol. The monoisotopic (exact) mass is 392 g/mol. The Balaban J connectivity index is 2.65. The van der Waals surface area contributed by atoms with Crippen molar-refractivity contribution in [1.82, 2.24) is 0 Å². The lowest BCUT2D eigenvalue weighted by molar-refractivity contribution is -0.209. The normalized spacial score (nSPS) is 26.2. The fourth-order valence-electron chi connectivity index (χ4n) is 2.69. The molecule has 9 nitrogen and oxygen atoms in total. The van der Waals surface area contributed by atoms with Crippen LogP contribution >= 0.6 is 0 Å². The van der Waals surface area contributed by atoms with Crippen molar-refractivity contribution in [3.63, 3.8) is 0 Å². The molecule has 12 heteroatoms. The highest BCUT2D eigenvalue weighted by molar-refractivity contribution is 7.86. The van der Waals surface area contributed by atoms with Crippen LogP contribution < -0.4 is 0 Å². The van der Waals surface area contributed by atoms with E-state index in [1.54, 1.807) is 0 Å². The van der Waals surface area contributed by atoms with Crippen molar-refractivity contribution in [3.8, 4) is 0 Å². The van der Waals surface area contributed by atoms with Gasteiger partial charge < -0.3 is 24.8 Å². The first kappa shape index (κ1) is 22.1. The maximum Gasteiger partial charge on any atom is 0.430 e. The minimum atomic E-state index is -5.99. The number of halogens is 2. The van der Waals surface area contributed by atoms with E-state index in [0.29, 0.717) is 0 Å². The number of hydrogen-bond donors (Lipinski definition) is 4. The standard InChI is InChI=1S/C13H22F2O9S/c1-11(2,18)7-8(12(3,4)19)9(7)23-5-6(16)24-10(17)13(14,15)25(20,21)22/h7-10,17-19H,5H2,1-4H3,(H,20,21,22). The highest BCUT2D eigenvalue weighted by Crippen LogP contribution is 2.54. The Morgan fingerprint density at radius 2 is 1.52 bits per heavy atom. The molecule has 1 aliphatic carbocycles. The summed E-state index contributed by atoms with van der Waals surface area (Å²) in [7, 11) is -5.99. The molecular weight excluding hydrogens is 370 g/mol. The van der Waals surface area contributed by atoms with E-state index in [1.807, 2.05) is 0 Å². The lowest BCUT2D eigenvalue weighted by atomic mass is 9.94. The van der Waals surface area contributed by atoms with Crippen LogP contribution in [0.5, 0.6) is 0 Å². The quantitative estimate of drug-likeness (QED) is 0.243. The predicted molar refractivity (Wildman–Crippen MR) is 77.9 cm³/mol. The molecule has 0 heterocycles. The Hall–Kier alpha value is -0.920. The Morgan fingerprint density at radius 1 is 1.12 bits per heavy atom. The van der Waals surface area contributed by atoms with Gasteiger partial charge in [0, 0.05) is 11.8 Å². The topological polar surface area (TPSA) is 151 Å². The second-order valence-electron chi connectivity index (χ2n) is 7.01. The lowest BCUT2D eigenvalue weighted by Crippen LogP contribution is -2.44. The largest absolute Gasteiger partial charge is 0.430 e. The zero-order valence-corrected chi connectivity index (χ0v) is 14.8. The van der Waals surface area contributed by atoms with Crippen LogP contribution in [0.15, 0.2) is 0 Å². The fourth-order valence-corrected chi connectivity index (χ4v) is 3.00. The lowest BCUT2D eigenvalue weighted by Gasteiger charge is -2.21. The molecule has 0 aromatic carbocycles. The van der Waals surface area contributed by atoms with E-state index in [-0.39, 0.29) is 0 Å². The highest BCUT2D eigenvalue weighted by Gasteiger charge is 2.64. The van der Waals surface area contributed by atoms with Gasteiger partial charge in [0.1, 0.15) is 6.61 Å². The SMILES string of the molecule is CC(C)(O)C1C(OCC(=O)OC(O)C(F)(F)S(=O)(=O)O)C1C(C)(C)O. The summed E-state index contributed by atoms with van der Waals surface area (Å²) in [5.41, 5.74) is -2.51. The predicted octanol–water partition coefficient (Wildman–Crippen LogP) is -0.498. The molecule has 0 saturated heterocycles. The third-order valence-electron chi connectivity index (χ3n) is 3.85. The van der Waals surface area contributed by atoms with Crippen LogP contribution in [0, 0.1) is 11.8 Å². The molecule has 4 N–H and O–H groups in total. The van der Waals surface area contributed by atoms with Crippen molar-refractivity contribution >= 4 is 16.1 Å². The summed E-state index contributed by atoms with van der Waals surface area (Å²) in [4.78, 5) is 11.4. The smallest absolute Gasteiger partial charge is 0.426 e. The molecule has 0 bridgehead atoms. The molecule has 3 atom stereocenters. The van der Waals surface area contributed by atoms with Crippen molar-refractivity contribution in [2.24, 2.45) is 11.8 Å². The number of aliphatic hydroxyl groups excluding tert-OH is 1. The van der Waals surface area contributed by atoms with Gasteiger partial charge in [-0.25, -0.2) is 4.79 Å². The zero-order valence-electron chi connectivity index (χ0n) is 14.0. The van der Waals surface area contributed by atoms with Crippen LogP contribution in [0.3, 0.4) is 0 Å². The number of rotatable bonds is 8. The Kier molecular flexibility index (Phi) is 5.90. The van der Waals surface area contributed by atoms with Crippen molar-refractivity contribution < 1.29 is 51.3 Å². The van der Waals surface area contributed by atoms with Crippen molar-refractivity contribution in [2.75, 3.05) is 6.61 Å². The highest BCUT2D eigenvalue weighted by atomic mass is 32.2. The summed E-state index contributed by atoms with van der Waals surface area (Å²) >= 11 is 0. The Labute approximate surface area is 143 Å². The van der Waals surface area contributed by atoms with Crippen molar-refractivity contribution in [2.45, 2.75) is 56.5 Å². The van der Waals surface area contributed by atoms with Gasteiger partial charge in [-0.3, -0.25) is 4.55 Å². The number of carbonyl (C=O) groups is 1. The molecular formula is C13H22F2O9S. The van der Waals surface area contributed by atoms with E-state index in [0.717, 1.165) is 0 Å². The van der Waals surface area contributed by atoms with E-state index in [9.17, 15) is 32.2 Å². The minimum Gasteiger partial charge on any atom is -0.426 e. The molecule has 0 aromatic rings.